The molecule has 0 saturated carbocycles. The summed E-state index contributed by atoms with van der Waals surface area (Å²) in [5.41, 5.74) is 5.77. The zero-order valence-corrected chi connectivity index (χ0v) is 22.1. The maximum Gasteiger partial charge on any atom is 0.141 e. The summed E-state index contributed by atoms with van der Waals surface area (Å²) in [7, 11) is 4.12. The van der Waals surface area contributed by atoms with Crippen LogP contribution in [-0.4, -0.2) is 48.3 Å². The lowest BCUT2D eigenvalue weighted by molar-refractivity contribution is 0.0912. The SMILES string of the molecule is CC1CC(Cn2cnc3c(-c4ccc(C#N)c(F)c4)c(-c4ccc5c(cnn5C)c4)ncc32)CC(C)N1C. The first kappa shape index (κ1) is 24.3. The number of nitriles is 1. The lowest BCUT2D eigenvalue weighted by Crippen LogP contribution is -2.44. The molecule has 0 aliphatic carbocycles. The zero-order valence-electron chi connectivity index (χ0n) is 22.1. The number of hydrogen-bond donors (Lipinski definition) is 0. The first-order valence-corrected chi connectivity index (χ1v) is 13.0. The molecule has 0 amide bonds. The second-order valence-corrected chi connectivity index (χ2v) is 10.7. The predicted molar refractivity (Wildman–Crippen MR) is 147 cm³/mol. The van der Waals surface area contributed by atoms with Gasteiger partial charge in [0, 0.05) is 42.2 Å². The maximum absolute atomic E-state index is 14.8. The number of aromatic nitrogens is 5. The molecule has 0 bridgehead atoms. The summed E-state index contributed by atoms with van der Waals surface area (Å²) < 4.78 is 18.8. The van der Waals surface area contributed by atoms with Crippen molar-refractivity contribution in [2.45, 2.75) is 45.3 Å². The Hall–Kier alpha value is -4.09. The first-order valence-electron chi connectivity index (χ1n) is 13.0. The highest BCUT2D eigenvalue weighted by Gasteiger charge is 2.29. The van der Waals surface area contributed by atoms with Gasteiger partial charge in [-0.1, -0.05) is 12.1 Å². The van der Waals surface area contributed by atoms with E-state index in [0.29, 0.717) is 23.6 Å². The number of aryl methyl sites for hydroxylation is 1. The van der Waals surface area contributed by atoms with Crippen molar-refractivity contribution in [2.24, 2.45) is 13.0 Å². The molecule has 5 aromatic rings. The van der Waals surface area contributed by atoms with Gasteiger partial charge in [-0.15, -0.1) is 0 Å². The Bertz CT molecular complexity index is 1700. The van der Waals surface area contributed by atoms with E-state index in [2.05, 4.69) is 41.5 Å². The minimum Gasteiger partial charge on any atom is -0.329 e. The van der Waals surface area contributed by atoms with Crippen molar-refractivity contribution in [3.63, 3.8) is 0 Å². The highest BCUT2D eigenvalue weighted by atomic mass is 19.1. The number of benzene rings is 2. The van der Waals surface area contributed by atoms with Crippen LogP contribution in [-0.2, 0) is 13.6 Å². The van der Waals surface area contributed by atoms with Crippen molar-refractivity contribution in [3.8, 4) is 28.5 Å². The smallest absolute Gasteiger partial charge is 0.141 e. The lowest BCUT2D eigenvalue weighted by Gasteiger charge is -2.40. The van der Waals surface area contributed by atoms with E-state index in [1.165, 1.54) is 12.1 Å². The summed E-state index contributed by atoms with van der Waals surface area (Å²) in [6.45, 7) is 5.45. The number of pyridine rings is 1. The van der Waals surface area contributed by atoms with Gasteiger partial charge < -0.3 is 9.47 Å². The number of nitrogens with zero attached hydrogens (tertiary/aromatic N) is 7. The fourth-order valence-corrected chi connectivity index (χ4v) is 5.99. The zero-order chi connectivity index (χ0) is 26.6. The number of rotatable bonds is 4. The molecule has 8 heteroatoms. The van der Waals surface area contributed by atoms with Crippen molar-refractivity contribution in [3.05, 3.63) is 66.5 Å². The van der Waals surface area contributed by atoms with Crippen LogP contribution in [0.4, 0.5) is 4.39 Å². The van der Waals surface area contributed by atoms with Crippen LogP contribution in [0.1, 0.15) is 32.3 Å². The highest BCUT2D eigenvalue weighted by Crippen LogP contribution is 2.38. The number of imidazole rings is 1. The number of fused-ring (bicyclic) bond motifs is 2. The van der Waals surface area contributed by atoms with Crippen LogP contribution >= 0.6 is 0 Å². The molecule has 0 spiro atoms. The molecule has 4 heterocycles. The molecule has 1 aliphatic rings. The minimum atomic E-state index is -0.551. The normalized spacial score (nSPS) is 20.3. The molecule has 3 aromatic heterocycles. The summed E-state index contributed by atoms with van der Waals surface area (Å²) in [6, 6.07) is 13.8. The van der Waals surface area contributed by atoms with E-state index in [4.69, 9.17) is 9.97 Å². The predicted octanol–water partition coefficient (Wildman–Crippen LogP) is 5.78. The van der Waals surface area contributed by atoms with Gasteiger partial charge >= 0.3 is 0 Å². The largest absolute Gasteiger partial charge is 0.329 e. The second-order valence-electron chi connectivity index (χ2n) is 10.7. The van der Waals surface area contributed by atoms with E-state index >= 15 is 0 Å². The molecule has 2 atom stereocenters. The Morgan fingerprint density at radius 2 is 1.74 bits per heavy atom. The van der Waals surface area contributed by atoms with Gasteiger partial charge in [0.25, 0.3) is 0 Å². The van der Waals surface area contributed by atoms with Gasteiger partial charge in [0.1, 0.15) is 17.4 Å². The van der Waals surface area contributed by atoms with Gasteiger partial charge in [-0.25, -0.2) is 9.37 Å². The van der Waals surface area contributed by atoms with E-state index in [-0.39, 0.29) is 5.56 Å². The van der Waals surface area contributed by atoms with E-state index in [1.54, 1.807) is 6.07 Å². The van der Waals surface area contributed by atoms with Gasteiger partial charge in [0.05, 0.1) is 41.0 Å². The fraction of sp³-hybridized carbons (Fsp3) is 0.333. The third-order valence-corrected chi connectivity index (χ3v) is 8.26. The van der Waals surface area contributed by atoms with E-state index in [9.17, 15) is 9.65 Å². The summed E-state index contributed by atoms with van der Waals surface area (Å²) in [6.07, 6.45) is 7.86. The summed E-state index contributed by atoms with van der Waals surface area (Å²) >= 11 is 0. The van der Waals surface area contributed by atoms with Crippen LogP contribution in [0.2, 0.25) is 0 Å². The summed E-state index contributed by atoms with van der Waals surface area (Å²) in [5, 5.41) is 14.6. The third-order valence-electron chi connectivity index (χ3n) is 8.26. The second kappa shape index (κ2) is 9.34. The number of hydrogen-bond acceptors (Lipinski definition) is 5. The van der Waals surface area contributed by atoms with Gasteiger partial charge in [0.2, 0.25) is 0 Å². The van der Waals surface area contributed by atoms with Gasteiger partial charge in [-0.2, -0.15) is 10.4 Å². The third kappa shape index (κ3) is 4.04. The molecular formula is C30H30FN7. The Kier molecular flexibility index (Phi) is 5.96. The molecule has 1 fully saturated rings. The maximum atomic E-state index is 14.8. The van der Waals surface area contributed by atoms with Gasteiger partial charge in [-0.3, -0.25) is 9.67 Å². The molecule has 0 N–H and O–H groups in total. The van der Waals surface area contributed by atoms with Crippen LogP contribution < -0.4 is 0 Å². The van der Waals surface area contributed by atoms with E-state index < -0.39 is 5.82 Å². The summed E-state index contributed by atoms with van der Waals surface area (Å²) in [5.74, 6) is -0.0125. The van der Waals surface area contributed by atoms with Gasteiger partial charge in [0.15, 0.2) is 0 Å². The van der Waals surface area contributed by atoms with E-state index in [0.717, 1.165) is 58.1 Å². The van der Waals surface area contributed by atoms with Crippen molar-refractivity contribution < 1.29 is 4.39 Å². The number of halogens is 1. The monoisotopic (exact) mass is 507 g/mol. The minimum absolute atomic E-state index is 0.0169. The molecule has 7 nitrogen and oxygen atoms in total. The lowest BCUT2D eigenvalue weighted by atomic mass is 9.87. The molecule has 1 aliphatic heterocycles. The molecule has 0 radical (unpaired) electrons. The van der Waals surface area contributed by atoms with Crippen molar-refractivity contribution in [2.75, 3.05) is 7.05 Å². The molecule has 2 aromatic carbocycles. The molecule has 192 valence electrons. The number of likely N-dealkylation sites (tertiary alicyclic amines) is 1. The van der Waals surface area contributed by atoms with Crippen LogP contribution in [0.15, 0.2) is 55.1 Å². The molecular weight excluding hydrogens is 477 g/mol. The molecule has 6 rings (SSSR count). The average Bonchev–Trinajstić information content (AvgIpc) is 3.49. The molecule has 38 heavy (non-hydrogen) atoms. The topological polar surface area (TPSA) is 75.6 Å². The average molecular weight is 508 g/mol. The van der Waals surface area contributed by atoms with Gasteiger partial charge in [-0.05, 0) is 69.5 Å². The number of piperidine rings is 1. The summed E-state index contributed by atoms with van der Waals surface area (Å²) in [4.78, 5) is 12.2. The van der Waals surface area contributed by atoms with Crippen molar-refractivity contribution in [1.29, 1.82) is 5.26 Å². The van der Waals surface area contributed by atoms with E-state index in [1.807, 2.05) is 48.7 Å². The molecule has 1 saturated heterocycles. The van der Waals surface area contributed by atoms with Crippen molar-refractivity contribution in [1.82, 2.24) is 29.2 Å². The fourth-order valence-electron chi connectivity index (χ4n) is 5.99. The molecule has 2 unspecified atom stereocenters. The standard InChI is InChI=1S/C30H30FN7/c1-18-9-20(10-19(2)36(18)3)16-38-17-34-30-27(38)15-33-29(22-7-8-26-24(11-22)14-35-37(26)4)28(30)21-5-6-23(13-32)25(31)12-21/h5-8,11-12,14-15,17-20H,9-10,16H2,1-4H3. The Morgan fingerprint density at radius 3 is 2.47 bits per heavy atom. The first-order chi connectivity index (χ1) is 18.3. The quantitative estimate of drug-likeness (QED) is 0.308. The Labute approximate surface area is 221 Å². The Morgan fingerprint density at radius 1 is 0.974 bits per heavy atom. The van der Waals surface area contributed by atoms with Crippen LogP contribution in [0.25, 0.3) is 44.3 Å². The van der Waals surface area contributed by atoms with Crippen molar-refractivity contribution >= 4 is 21.9 Å². The Balaban J connectivity index is 1.49. The van der Waals surface area contributed by atoms with Crippen LogP contribution in [0.5, 0.6) is 0 Å². The highest BCUT2D eigenvalue weighted by molar-refractivity contribution is 6.00. The van der Waals surface area contributed by atoms with Crippen LogP contribution in [0.3, 0.4) is 0 Å². The van der Waals surface area contributed by atoms with Crippen LogP contribution in [0, 0.1) is 23.1 Å².